The number of nitrogens with zero attached hydrogens (tertiary/aromatic N) is 3. The highest BCUT2D eigenvalue weighted by atomic mass is 19.3. The first-order valence-electron chi connectivity index (χ1n) is 16.4. The van der Waals surface area contributed by atoms with Crippen LogP contribution in [0.5, 0.6) is 11.6 Å². The van der Waals surface area contributed by atoms with E-state index < -0.39 is 71.5 Å². The maximum absolute atomic E-state index is 15.9. The summed E-state index contributed by atoms with van der Waals surface area (Å²) in [5, 5.41) is 11.9. The molecule has 0 radical (unpaired) electrons. The second-order valence-corrected chi connectivity index (χ2v) is 14.2. The molecule has 2 N–H and O–H groups in total. The fourth-order valence-corrected chi connectivity index (χ4v) is 6.12. The van der Waals surface area contributed by atoms with Crippen LogP contribution in [0.4, 0.5) is 13.6 Å². The number of ether oxygens (including phenoxy) is 3. The lowest BCUT2D eigenvalue weighted by atomic mass is 9.86. The molecule has 4 rings (SSSR count). The van der Waals surface area contributed by atoms with Crippen molar-refractivity contribution in [1.29, 1.82) is 0 Å². The number of amides is 2. The van der Waals surface area contributed by atoms with Crippen molar-refractivity contribution in [2.24, 2.45) is 23.2 Å². The number of carbonyl (C=O) groups is 3. The van der Waals surface area contributed by atoms with Crippen LogP contribution in [0.3, 0.4) is 0 Å². The molecule has 47 heavy (non-hydrogen) atoms. The molecule has 1 saturated heterocycles. The summed E-state index contributed by atoms with van der Waals surface area (Å²) in [6.45, 7) is 10.1. The molecule has 2 amide bonds. The Hall–Kier alpha value is -3.61. The van der Waals surface area contributed by atoms with Crippen molar-refractivity contribution < 1.29 is 42.5 Å². The molecule has 1 aromatic heterocycles. The SMILES string of the molecule is CCC1C(Oc2nc3cc(OC)ccc3nc2C(F)(F)COCCC2CC2)CN(C(=O)C(CC(C)(C)C)NC(=O)O)C1C(=O)C(C)C. The monoisotopic (exact) mass is 662 g/mol. The molecule has 4 unspecified atom stereocenters. The van der Waals surface area contributed by atoms with Gasteiger partial charge in [-0.25, -0.2) is 14.8 Å². The molecule has 1 saturated carbocycles. The van der Waals surface area contributed by atoms with E-state index >= 15 is 8.78 Å². The van der Waals surface area contributed by atoms with Crippen molar-refractivity contribution in [1.82, 2.24) is 20.2 Å². The van der Waals surface area contributed by atoms with Crippen LogP contribution in [0.25, 0.3) is 11.0 Å². The Balaban J connectivity index is 1.73. The van der Waals surface area contributed by atoms with Crippen molar-refractivity contribution in [3.05, 3.63) is 23.9 Å². The molecule has 1 aliphatic carbocycles. The van der Waals surface area contributed by atoms with Crippen LogP contribution in [0.1, 0.15) is 79.3 Å². The van der Waals surface area contributed by atoms with Crippen LogP contribution in [0.2, 0.25) is 0 Å². The van der Waals surface area contributed by atoms with Gasteiger partial charge in [-0.05, 0) is 42.7 Å². The van der Waals surface area contributed by atoms with E-state index in [4.69, 9.17) is 14.2 Å². The van der Waals surface area contributed by atoms with Gasteiger partial charge in [0.2, 0.25) is 11.8 Å². The second-order valence-electron chi connectivity index (χ2n) is 14.2. The Labute approximate surface area is 274 Å². The number of ketones is 1. The van der Waals surface area contributed by atoms with E-state index in [1.54, 1.807) is 26.0 Å². The molecule has 1 aliphatic heterocycles. The van der Waals surface area contributed by atoms with Gasteiger partial charge in [0, 0.05) is 24.5 Å². The lowest BCUT2D eigenvalue weighted by Crippen LogP contribution is -2.54. The van der Waals surface area contributed by atoms with Gasteiger partial charge in [0.05, 0.1) is 30.7 Å². The number of hydrogen-bond donors (Lipinski definition) is 2. The zero-order chi connectivity index (χ0) is 34.7. The quantitative estimate of drug-likeness (QED) is 0.226. The normalized spacial score (nSPS) is 20.8. The summed E-state index contributed by atoms with van der Waals surface area (Å²) >= 11 is 0. The van der Waals surface area contributed by atoms with Gasteiger partial charge in [-0.15, -0.1) is 0 Å². The van der Waals surface area contributed by atoms with Gasteiger partial charge < -0.3 is 29.5 Å². The molecule has 0 bridgehead atoms. The van der Waals surface area contributed by atoms with Crippen LogP contribution in [0, 0.1) is 23.2 Å². The van der Waals surface area contributed by atoms with Crippen molar-refractivity contribution in [3.8, 4) is 11.6 Å². The third kappa shape index (κ3) is 9.05. The number of halogens is 2. The number of likely N-dealkylation sites (tertiary alicyclic amines) is 1. The van der Waals surface area contributed by atoms with Crippen LogP contribution < -0.4 is 14.8 Å². The van der Waals surface area contributed by atoms with E-state index in [9.17, 15) is 19.5 Å². The third-order valence-corrected chi connectivity index (χ3v) is 8.72. The number of rotatable bonds is 15. The average Bonchev–Trinajstić information content (AvgIpc) is 3.75. The number of Topliss-reactive ketones (excluding diaryl/α,β-unsaturated/α-hetero) is 1. The maximum Gasteiger partial charge on any atom is 0.405 e. The van der Waals surface area contributed by atoms with E-state index in [0.717, 1.165) is 12.8 Å². The number of fused-ring (bicyclic) bond motifs is 1. The van der Waals surface area contributed by atoms with E-state index in [1.807, 2.05) is 27.7 Å². The number of nitrogens with one attached hydrogen (secondary N) is 1. The largest absolute Gasteiger partial charge is 0.497 e. The van der Waals surface area contributed by atoms with Gasteiger partial charge in [0.25, 0.3) is 0 Å². The van der Waals surface area contributed by atoms with Crippen molar-refractivity contribution >= 4 is 28.8 Å². The molecule has 2 aromatic rings. The third-order valence-electron chi connectivity index (χ3n) is 8.72. The number of hydrogen-bond acceptors (Lipinski definition) is 8. The Kier molecular flexibility index (Phi) is 11.3. The number of alkyl halides is 2. The van der Waals surface area contributed by atoms with E-state index in [2.05, 4.69) is 15.3 Å². The van der Waals surface area contributed by atoms with E-state index in [0.29, 0.717) is 24.5 Å². The minimum absolute atomic E-state index is 0.136. The number of methoxy groups -OCH3 is 1. The standard InChI is InChI=1S/C34H48F2N4O7/c1-8-22-26(17-40(27(22)28(41)19(2)3)31(42)25(39-32(43)44)16-33(4,5)6)47-30-29(34(35,36)18-46-14-13-20-9-10-20)37-23-12-11-21(45-7)15-24(23)38-30/h11-12,15,19-20,22,25-27,39H,8-10,13-14,16-18H2,1-7H3,(H,43,44). The summed E-state index contributed by atoms with van der Waals surface area (Å²) in [7, 11) is 1.47. The molecule has 4 atom stereocenters. The van der Waals surface area contributed by atoms with Gasteiger partial charge in [0.1, 0.15) is 24.5 Å². The first-order chi connectivity index (χ1) is 22.0. The molecule has 2 aliphatic rings. The van der Waals surface area contributed by atoms with Gasteiger partial charge in [0.15, 0.2) is 11.5 Å². The summed E-state index contributed by atoms with van der Waals surface area (Å²) in [5.41, 5.74) is -0.661. The number of aromatic nitrogens is 2. The average molecular weight is 663 g/mol. The number of carbonyl (C=O) groups excluding carboxylic acids is 2. The summed E-state index contributed by atoms with van der Waals surface area (Å²) in [4.78, 5) is 49.5. The van der Waals surface area contributed by atoms with Gasteiger partial charge in [-0.2, -0.15) is 8.78 Å². The first kappa shape index (κ1) is 36.2. The fraction of sp³-hybridized carbons (Fsp3) is 0.676. The maximum atomic E-state index is 15.9. The molecule has 0 spiro atoms. The molecule has 2 fully saturated rings. The molecule has 13 heteroatoms. The molecular formula is C34H48F2N4O7. The molecule has 11 nitrogen and oxygen atoms in total. The predicted octanol–water partition coefficient (Wildman–Crippen LogP) is 5.83. The van der Waals surface area contributed by atoms with Crippen molar-refractivity contribution in [2.75, 3.05) is 26.9 Å². The highest BCUT2D eigenvalue weighted by molar-refractivity contribution is 5.94. The Morgan fingerprint density at radius 1 is 1.13 bits per heavy atom. The van der Waals surface area contributed by atoms with Crippen LogP contribution in [0.15, 0.2) is 18.2 Å². The van der Waals surface area contributed by atoms with Crippen LogP contribution in [-0.2, 0) is 20.2 Å². The predicted molar refractivity (Wildman–Crippen MR) is 171 cm³/mol. The molecular weight excluding hydrogens is 614 g/mol. The minimum Gasteiger partial charge on any atom is -0.497 e. The Morgan fingerprint density at radius 2 is 1.83 bits per heavy atom. The van der Waals surface area contributed by atoms with Crippen molar-refractivity contribution in [2.45, 2.75) is 97.8 Å². The lowest BCUT2D eigenvalue weighted by molar-refractivity contribution is -0.141. The van der Waals surface area contributed by atoms with E-state index in [1.165, 1.54) is 18.1 Å². The highest BCUT2D eigenvalue weighted by Gasteiger charge is 2.51. The van der Waals surface area contributed by atoms with E-state index in [-0.39, 0.29) is 36.4 Å². The lowest BCUT2D eigenvalue weighted by Gasteiger charge is -2.32. The van der Waals surface area contributed by atoms with Gasteiger partial charge in [-0.1, -0.05) is 54.4 Å². The van der Waals surface area contributed by atoms with Gasteiger partial charge in [-0.3, -0.25) is 9.59 Å². The first-order valence-corrected chi connectivity index (χ1v) is 16.4. The topological polar surface area (TPSA) is 140 Å². The summed E-state index contributed by atoms with van der Waals surface area (Å²) < 4.78 is 48.7. The van der Waals surface area contributed by atoms with Crippen LogP contribution >= 0.6 is 0 Å². The zero-order valence-electron chi connectivity index (χ0n) is 28.3. The molecule has 2 heterocycles. The Bertz CT molecular complexity index is 1440. The highest BCUT2D eigenvalue weighted by Crippen LogP contribution is 2.39. The minimum atomic E-state index is -3.56. The van der Waals surface area contributed by atoms with Crippen molar-refractivity contribution in [3.63, 3.8) is 0 Å². The fourth-order valence-electron chi connectivity index (χ4n) is 6.12. The molecule has 1 aromatic carbocycles. The summed E-state index contributed by atoms with van der Waals surface area (Å²) in [6.07, 6.45) is 1.14. The molecule has 260 valence electrons. The second kappa shape index (κ2) is 14.7. The van der Waals surface area contributed by atoms with Gasteiger partial charge >= 0.3 is 12.0 Å². The number of benzene rings is 1. The number of carboxylic acid groups (broad SMARTS) is 1. The Morgan fingerprint density at radius 3 is 2.40 bits per heavy atom. The zero-order valence-corrected chi connectivity index (χ0v) is 28.3. The smallest absolute Gasteiger partial charge is 0.405 e. The summed E-state index contributed by atoms with van der Waals surface area (Å²) in [5.74, 6) is -4.88. The van der Waals surface area contributed by atoms with Crippen LogP contribution in [-0.4, -0.2) is 82.8 Å². The summed E-state index contributed by atoms with van der Waals surface area (Å²) in [6, 6.07) is 2.60.